The molecule has 1 unspecified atom stereocenters. The van der Waals surface area contributed by atoms with Gasteiger partial charge in [0.1, 0.15) is 6.10 Å². The van der Waals surface area contributed by atoms with Crippen molar-refractivity contribution in [3.8, 4) is 0 Å². The molecule has 0 spiro atoms. The van der Waals surface area contributed by atoms with E-state index in [0.717, 1.165) is 0 Å². The van der Waals surface area contributed by atoms with Gasteiger partial charge in [0, 0.05) is 0 Å². The van der Waals surface area contributed by atoms with Crippen LogP contribution in [0.5, 0.6) is 0 Å². The van der Waals surface area contributed by atoms with Gasteiger partial charge in [0.15, 0.2) is 5.78 Å². The molecule has 120 valence electrons. The minimum Gasteiger partial charge on any atom is -0.297 e. The van der Waals surface area contributed by atoms with Crippen molar-refractivity contribution in [3.63, 3.8) is 0 Å². The van der Waals surface area contributed by atoms with Crippen molar-refractivity contribution in [3.05, 3.63) is 0 Å². The van der Waals surface area contributed by atoms with Crippen LogP contribution in [0.4, 0.5) is 0 Å². The Bertz CT molecular complexity index is 306. The van der Waals surface area contributed by atoms with Gasteiger partial charge in [0.05, 0.1) is 12.2 Å². The zero-order valence-corrected chi connectivity index (χ0v) is 14.4. The van der Waals surface area contributed by atoms with E-state index in [0.29, 0.717) is 25.7 Å². The predicted octanol–water partition coefficient (Wildman–Crippen LogP) is 4.50. The van der Waals surface area contributed by atoms with E-state index in [1.165, 1.54) is 6.92 Å². The van der Waals surface area contributed by atoms with Crippen LogP contribution in [-0.2, 0) is 22.9 Å². The molecule has 0 radical (unpaired) electrons. The van der Waals surface area contributed by atoms with Crippen molar-refractivity contribution in [1.29, 1.82) is 0 Å². The highest BCUT2D eigenvalue weighted by Gasteiger charge is 2.35. The number of phosphoric acid groups is 1. The maximum absolute atomic E-state index is 12.8. The van der Waals surface area contributed by atoms with E-state index in [4.69, 9.17) is 13.6 Å². The van der Waals surface area contributed by atoms with Gasteiger partial charge < -0.3 is 0 Å². The molecular weight excluding hydrogens is 279 g/mol. The summed E-state index contributed by atoms with van der Waals surface area (Å²) in [5.41, 5.74) is 0. The van der Waals surface area contributed by atoms with Gasteiger partial charge in [-0.25, -0.2) is 4.57 Å². The third kappa shape index (κ3) is 6.98. The molecule has 0 saturated heterocycles. The minimum absolute atomic E-state index is 0.200. The first-order valence-corrected chi connectivity index (χ1v) is 8.93. The first-order chi connectivity index (χ1) is 9.31. The van der Waals surface area contributed by atoms with Gasteiger partial charge in [-0.15, -0.1) is 0 Å². The Balaban J connectivity index is 5.00. The molecule has 0 aliphatic carbocycles. The van der Waals surface area contributed by atoms with E-state index in [1.54, 1.807) is 6.92 Å². The van der Waals surface area contributed by atoms with Crippen molar-refractivity contribution < 1.29 is 22.9 Å². The summed E-state index contributed by atoms with van der Waals surface area (Å²) in [4.78, 5) is 11.3. The van der Waals surface area contributed by atoms with Crippen LogP contribution < -0.4 is 0 Å². The van der Waals surface area contributed by atoms with Crippen molar-refractivity contribution in [1.82, 2.24) is 0 Å². The molecule has 20 heavy (non-hydrogen) atoms. The van der Waals surface area contributed by atoms with Gasteiger partial charge >= 0.3 is 7.82 Å². The number of hydrogen-bond acceptors (Lipinski definition) is 5. The van der Waals surface area contributed by atoms with E-state index in [1.807, 2.05) is 27.7 Å². The van der Waals surface area contributed by atoms with Crippen molar-refractivity contribution >= 4 is 13.6 Å². The van der Waals surface area contributed by atoms with Gasteiger partial charge in [-0.2, -0.15) is 0 Å². The molecule has 0 fully saturated rings. The predicted molar refractivity (Wildman–Crippen MR) is 79.7 cm³/mol. The van der Waals surface area contributed by atoms with Crippen LogP contribution in [0.2, 0.25) is 0 Å². The fourth-order valence-electron chi connectivity index (χ4n) is 1.58. The lowest BCUT2D eigenvalue weighted by atomic mass is 10.2. The number of phosphoric ester groups is 1. The lowest BCUT2D eigenvalue weighted by molar-refractivity contribution is -0.124. The van der Waals surface area contributed by atoms with Gasteiger partial charge in [-0.05, 0) is 39.5 Å². The number of hydrogen-bond donors (Lipinski definition) is 0. The molecule has 0 aliphatic heterocycles. The Morgan fingerprint density at radius 2 is 1.25 bits per heavy atom. The number of ketones is 1. The molecule has 6 heteroatoms. The third-order valence-electron chi connectivity index (χ3n) is 3.24. The molecule has 0 aliphatic rings. The van der Waals surface area contributed by atoms with Crippen LogP contribution in [0.1, 0.15) is 67.2 Å². The second-order valence-corrected chi connectivity index (χ2v) is 6.42. The summed E-state index contributed by atoms with van der Waals surface area (Å²) in [6, 6.07) is 0. The molecule has 0 bridgehead atoms. The van der Waals surface area contributed by atoms with E-state index >= 15 is 0 Å². The Morgan fingerprint density at radius 1 is 0.900 bits per heavy atom. The quantitative estimate of drug-likeness (QED) is 0.526. The van der Waals surface area contributed by atoms with E-state index in [9.17, 15) is 9.36 Å². The van der Waals surface area contributed by atoms with E-state index in [2.05, 4.69) is 0 Å². The normalized spacial score (nSPS) is 14.0. The number of carbonyl (C=O) groups is 1. The maximum Gasteiger partial charge on any atom is 0.476 e. The average molecular weight is 308 g/mol. The van der Waals surface area contributed by atoms with Crippen LogP contribution in [-0.4, -0.2) is 24.1 Å². The van der Waals surface area contributed by atoms with Crippen LogP contribution in [0.3, 0.4) is 0 Å². The number of Topliss-reactive ketones (excluding diaryl/α,β-unsaturated/α-hetero) is 1. The third-order valence-corrected chi connectivity index (χ3v) is 4.92. The standard InChI is InChI=1S/C14H29O5P/c1-7-13(8-2)18-20(16,17-12(6)11(5)15)19-14(9-3)10-4/h12-14H,7-10H2,1-6H3. The summed E-state index contributed by atoms with van der Waals surface area (Å²) in [6.45, 7) is 10.7. The lowest BCUT2D eigenvalue weighted by Crippen LogP contribution is -2.22. The van der Waals surface area contributed by atoms with Gasteiger partial charge in [0.25, 0.3) is 0 Å². The van der Waals surface area contributed by atoms with Crippen molar-refractivity contribution in [2.75, 3.05) is 0 Å². The van der Waals surface area contributed by atoms with E-state index < -0.39 is 13.9 Å². The Hall–Kier alpha value is -0.220. The molecular formula is C14H29O5P. The molecule has 0 heterocycles. The first-order valence-electron chi connectivity index (χ1n) is 7.47. The highest BCUT2D eigenvalue weighted by Crippen LogP contribution is 2.54. The summed E-state index contributed by atoms with van der Waals surface area (Å²) < 4.78 is 29.2. The summed E-state index contributed by atoms with van der Waals surface area (Å²) in [5.74, 6) is -0.202. The topological polar surface area (TPSA) is 61.8 Å². The zero-order valence-electron chi connectivity index (χ0n) is 13.5. The Labute approximate surface area is 123 Å². The molecule has 0 rings (SSSR count). The second-order valence-electron chi connectivity index (χ2n) is 4.89. The van der Waals surface area contributed by atoms with Crippen molar-refractivity contribution in [2.45, 2.75) is 85.5 Å². The molecule has 0 aromatic heterocycles. The molecule has 0 N–H and O–H groups in total. The van der Waals surface area contributed by atoms with Crippen molar-refractivity contribution in [2.24, 2.45) is 0 Å². The number of rotatable bonds is 11. The summed E-state index contributed by atoms with van der Waals surface area (Å²) in [7, 11) is -3.73. The van der Waals surface area contributed by atoms with Crippen LogP contribution in [0.25, 0.3) is 0 Å². The largest absolute Gasteiger partial charge is 0.476 e. The number of carbonyl (C=O) groups excluding carboxylic acids is 1. The van der Waals surface area contributed by atoms with E-state index in [-0.39, 0.29) is 18.0 Å². The highest BCUT2D eigenvalue weighted by atomic mass is 31.2. The molecule has 0 saturated carbocycles. The molecule has 0 aromatic carbocycles. The summed E-state index contributed by atoms with van der Waals surface area (Å²) in [6.07, 6.45) is 1.65. The molecule has 1 atom stereocenters. The Kier molecular flexibility index (Phi) is 9.56. The second kappa shape index (κ2) is 9.67. The first kappa shape index (κ1) is 19.8. The van der Waals surface area contributed by atoms with Crippen LogP contribution in [0, 0.1) is 0 Å². The van der Waals surface area contributed by atoms with Crippen LogP contribution >= 0.6 is 7.82 Å². The average Bonchev–Trinajstić information content (AvgIpc) is 2.42. The SMILES string of the molecule is CCC(CC)OP(=O)(OC(CC)CC)OC(C)C(C)=O. The Morgan fingerprint density at radius 3 is 1.50 bits per heavy atom. The highest BCUT2D eigenvalue weighted by molar-refractivity contribution is 7.48. The monoisotopic (exact) mass is 308 g/mol. The smallest absolute Gasteiger partial charge is 0.297 e. The van der Waals surface area contributed by atoms with Gasteiger partial charge in [-0.3, -0.25) is 18.4 Å². The fourth-order valence-corrected chi connectivity index (χ4v) is 3.59. The maximum atomic E-state index is 12.8. The van der Waals surface area contributed by atoms with Gasteiger partial charge in [0.2, 0.25) is 0 Å². The lowest BCUT2D eigenvalue weighted by Gasteiger charge is -2.27. The molecule has 0 aromatic rings. The zero-order chi connectivity index (χ0) is 15.8. The van der Waals surface area contributed by atoms with Crippen LogP contribution in [0.15, 0.2) is 0 Å². The fraction of sp³-hybridized carbons (Fsp3) is 0.929. The molecule has 0 amide bonds. The summed E-state index contributed by atoms with van der Waals surface area (Å²) >= 11 is 0. The minimum atomic E-state index is -3.73. The summed E-state index contributed by atoms with van der Waals surface area (Å²) in [5, 5.41) is 0. The van der Waals surface area contributed by atoms with Gasteiger partial charge in [-0.1, -0.05) is 27.7 Å². The molecule has 5 nitrogen and oxygen atoms in total.